The summed E-state index contributed by atoms with van der Waals surface area (Å²) < 4.78 is 0. The van der Waals surface area contributed by atoms with Gasteiger partial charge >= 0.3 is 0 Å². The van der Waals surface area contributed by atoms with Gasteiger partial charge in [-0.25, -0.2) is 0 Å². The molecule has 0 amide bonds. The predicted octanol–water partition coefficient (Wildman–Crippen LogP) is 0.815. The highest BCUT2D eigenvalue weighted by atomic mass is 16.1. The Morgan fingerprint density at radius 1 is 1.57 bits per heavy atom. The van der Waals surface area contributed by atoms with Gasteiger partial charge in [-0.05, 0) is 32.9 Å². The highest BCUT2D eigenvalue weighted by molar-refractivity contribution is 5.87. The van der Waals surface area contributed by atoms with Crippen LogP contribution >= 0.6 is 0 Å². The molecule has 1 aliphatic heterocycles. The first-order chi connectivity index (χ1) is 6.68. The van der Waals surface area contributed by atoms with Crippen molar-refractivity contribution in [2.75, 3.05) is 26.2 Å². The molecule has 1 N–H and O–H groups in total. The van der Waals surface area contributed by atoms with Gasteiger partial charge < -0.3 is 5.32 Å². The van der Waals surface area contributed by atoms with Gasteiger partial charge in [0, 0.05) is 25.7 Å². The van der Waals surface area contributed by atoms with E-state index >= 15 is 0 Å². The average Bonchev–Trinajstić information content (AvgIpc) is 2.30. The third kappa shape index (κ3) is 4.53. The van der Waals surface area contributed by atoms with Crippen molar-refractivity contribution < 1.29 is 4.79 Å². The average molecular weight is 196 g/mol. The van der Waals surface area contributed by atoms with Gasteiger partial charge in [-0.15, -0.1) is 0 Å². The Bertz CT molecular complexity index is 213. The fourth-order valence-electron chi connectivity index (χ4n) is 1.61. The highest BCUT2D eigenvalue weighted by Gasteiger charge is 2.10. The Morgan fingerprint density at radius 2 is 2.36 bits per heavy atom. The fraction of sp³-hybridized carbons (Fsp3) is 0.727. The number of rotatable bonds is 3. The number of allylic oxidation sites excluding steroid dienone is 1. The summed E-state index contributed by atoms with van der Waals surface area (Å²) in [4.78, 5) is 13.1. The van der Waals surface area contributed by atoms with E-state index in [1.54, 1.807) is 13.0 Å². The quantitative estimate of drug-likeness (QED) is 0.678. The normalized spacial score (nSPS) is 25.1. The van der Waals surface area contributed by atoms with Gasteiger partial charge in [0.25, 0.3) is 0 Å². The van der Waals surface area contributed by atoms with Crippen LogP contribution in [0.25, 0.3) is 0 Å². The second-order valence-corrected chi connectivity index (χ2v) is 3.96. The lowest BCUT2D eigenvalue weighted by molar-refractivity contribution is -0.112. The highest BCUT2D eigenvalue weighted by Crippen LogP contribution is 2.00. The lowest BCUT2D eigenvalue weighted by atomic mass is 10.2. The topological polar surface area (TPSA) is 32.3 Å². The van der Waals surface area contributed by atoms with E-state index in [-0.39, 0.29) is 5.78 Å². The number of nitrogens with one attached hydrogen (secondary N) is 1. The lowest BCUT2D eigenvalue weighted by Crippen LogP contribution is -2.29. The standard InChI is InChI=1S/C11H20N2O/c1-10-5-8-13(9-6-12-10)7-3-4-11(2)14/h3-4,10,12H,5-9H2,1-2H3/b4-3+. The largest absolute Gasteiger partial charge is 0.313 e. The first kappa shape index (κ1) is 11.4. The maximum atomic E-state index is 10.7. The Morgan fingerprint density at radius 3 is 3.07 bits per heavy atom. The molecule has 14 heavy (non-hydrogen) atoms. The first-order valence-corrected chi connectivity index (χ1v) is 5.31. The monoisotopic (exact) mass is 196 g/mol. The van der Waals surface area contributed by atoms with E-state index < -0.39 is 0 Å². The Labute approximate surface area is 86.2 Å². The molecule has 1 rings (SSSR count). The molecule has 0 aliphatic carbocycles. The van der Waals surface area contributed by atoms with Gasteiger partial charge in [0.2, 0.25) is 0 Å². The summed E-state index contributed by atoms with van der Waals surface area (Å²) in [6.07, 6.45) is 4.80. The molecule has 1 fully saturated rings. The summed E-state index contributed by atoms with van der Waals surface area (Å²) in [5.74, 6) is 0.131. The second kappa shape index (κ2) is 5.94. The van der Waals surface area contributed by atoms with Gasteiger partial charge in [-0.2, -0.15) is 0 Å². The maximum Gasteiger partial charge on any atom is 0.152 e. The van der Waals surface area contributed by atoms with E-state index in [1.807, 2.05) is 6.08 Å². The van der Waals surface area contributed by atoms with E-state index in [9.17, 15) is 4.79 Å². The number of carbonyl (C=O) groups is 1. The minimum absolute atomic E-state index is 0.131. The van der Waals surface area contributed by atoms with Crippen molar-refractivity contribution in [3.63, 3.8) is 0 Å². The van der Waals surface area contributed by atoms with Crippen LogP contribution in [0.1, 0.15) is 20.3 Å². The van der Waals surface area contributed by atoms with Crippen LogP contribution in [0, 0.1) is 0 Å². The van der Waals surface area contributed by atoms with Crippen LogP contribution in [0.4, 0.5) is 0 Å². The van der Waals surface area contributed by atoms with Crippen molar-refractivity contribution in [3.05, 3.63) is 12.2 Å². The summed E-state index contributed by atoms with van der Waals surface area (Å²) in [6, 6.07) is 0.622. The first-order valence-electron chi connectivity index (χ1n) is 5.31. The molecule has 0 spiro atoms. The molecule has 1 saturated heterocycles. The Balaban J connectivity index is 2.27. The van der Waals surface area contributed by atoms with E-state index in [2.05, 4.69) is 17.1 Å². The van der Waals surface area contributed by atoms with Crippen LogP contribution in [0.5, 0.6) is 0 Å². The third-order valence-corrected chi connectivity index (χ3v) is 2.52. The Hall–Kier alpha value is -0.670. The van der Waals surface area contributed by atoms with Crippen molar-refractivity contribution in [3.8, 4) is 0 Å². The molecular weight excluding hydrogens is 176 g/mol. The van der Waals surface area contributed by atoms with Crippen LogP contribution < -0.4 is 5.32 Å². The maximum absolute atomic E-state index is 10.7. The van der Waals surface area contributed by atoms with E-state index in [0.717, 1.165) is 26.2 Å². The van der Waals surface area contributed by atoms with Crippen molar-refractivity contribution in [1.29, 1.82) is 0 Å². The zero-order valence-corrected chi connectivity index (χ0v) is 9.12. The summed E-state index contributed by atoms with van der Waals surface area (Å²) in [7, 11) is 0. The number of nitrogens with zero attached hydrogens (tertiary/aromatic N) is 1. The van der Waals surface area contributed by atoms with Gasteiger partial charge in [0.05, 0.1) is 0 Å². The minimum atomic E-state index is 0.131. The number of hydrogen-bond acceptors (Lipinski definition) is 3. The molecule has 3 nitrogen and oxygen atoms in total. The van der Waals surface area contributed by atoms with Crippen molar-refractivity contribution in [1.82, 2.24) is 10.2 Å². The summed E-state index contributed by atoms with van der Waals surface area (Å²) in [5.41, 5.74) is 0. The molecule has 0 aromatic carbocycles. The van der Waals surface area contributed by atoms with E-state index in [1.165, 1.54) is 6.42 Å². The van der Waals surface area contributed by atoms with Crippen LogP contribution in [0.2, 0.25) is 0 Å². The molecule has 0 aromatic heterocycles. The number of hydrogen-bond donors (Lipinski definition) is 1. The summed E-state index contributed by atoms with van der Waals surface area (Å²) in [5, 5.41) is 3.44. The molecular formula is C11H20N2O. The molecule has 1 aliphatic rings. The van der Waals surface area contributed by atoms with E-state index in [0.29, 0.717) is 6.04 Å². The lowest BCUT2D eigenvalue weighted by Gasteiger charge is -2.16. The van der Waals surface area contributed by atoms with Gasteiger partial charge in [-0.3, -0.25) is 9.69 Å². The minimum Gasteiger partial charge on any atom is -0.313 e. The second-order valence-electron chi connectivity index (χ2n) is 3.96. The van der Waals surface area contributed by atoms with Crippen molar-refractivity contribution >= 4 is 5.78 Å². The van der Waals surface area contributed by atoms with Crippen LogP contribution in [-0.4, -0.2) is 42.9 Å². The molecule has 1 unspecified atom stereocenters. The molecule has 1 heterocycles. The smallest absolute Gasteiger partial charge is 0.152 e. The molecule has 1 atom stereocenters. The molecule has 80 valence electrons. The van der Waals surface area contributed by atoms with Gasteiger partial charge in [-0.1, -0.05) is 6.08 Å². The molecule has 3 heteroatoms. The molecule has 0 aromatic rings. The van der Waals surface area contributed by atoms with Crippen molar-refractivity contribution in [2.45, 2.75) is 26.3 Å². The molecule has 0 saturated carbocycles. The summed E-state index contributed by atoms with van der Waals surface area (Å²) >= 11 is 0. The van der Waals surface area contributed by atoms with Gasteiger partial charge in [0.15, 0.2) is 5.78 Å². The number of carbonyl (C=O) groups excluding carboxylic acids is 1. The molecule has 0 bridgehead atoms. The number of ketones is 1. The summed E-state index contributed by atoms with van der Waals surface area (Å²) in [6.45, 7) is 7.95. The van der Waals surface area contributed by atoms with Crippen LogP contribution in [-0.2, 0) is 4.79 Å². The van der Waals surface area contributed by atoms with Gasteiger partial charge in [0.1, 0.15) is 0 Å². The van der Waals surface area contributed by atoms with Crippen LogP contribution in [0.15, 0.2) is 12.2 Å². The van der Waals surface area contributed by atoms with Crippen LogP contribution in [0.3, 0.4) is 0 Å². The van der Waals surface area contributed by atoms with E-state index in [4.69, 9.17) is 0 Å². The fourth-order valence-corrected chi connectivity index (χ4v) is 1.61. The third-order valence-electron chi connectivity index (χ3n) is 2.52. The zero-order valence-electron chi connectivity index (χ0n) is 9.12. The predicted molar refractivity (Wildman–Crippen MR) is 58.3 cm³/mol. The van der Waals surface area contributed by atoms with Crippen molar-refractivity contribution in [2.24, 2.45) is 0 Å². The Kier molecular flexibility index (Phi) is 4.84. The molecule has 0 radical (unpaired) electrons. The zero-order chi connectivity index (χ0) is 10.4. The SMILES string of the molecule is CC(=O)/C=C/CN1CCNC(C)CC1.